The molecule has 7 heteroatoms. The Bertz CT molecular complexity index is 367. The molecule has 0 aromatic rings. The predicted octanol–water partition coefficient (Wildman–Crippen LogP) is 1.85. The highest BCUT2D eigenvalue weighted by Gasteiger charge is 2.44. The lowest BCUT2D eigenvalue weighted by Crippen LogP contribution is -2.41. The quantitative estimate of drug-likeness (QED) is 0.549. The standard InChI is InChI=1S/C13H26N2O4Si/c1-6-18-20(5,19-7-2)10-8-9-15-11(16)13(3,4)14-12(15)17/h6-10H2,1-5H3,(H,14,17). The lowest BCUT2D eigenvalue weighted by atomic mass is 10.1. The lowest BCUT2D eigenvalue weighted by molar-refractivity contribution is -0.130. The summed E-state index contributed by atoms with van der Waals surface area (Å²) in [4.78, 5) is 25.1. The molecule has 0 atom stereocenters. The van der Waals surface area contributed by atoms with Crippen molar-refractivity contribution in [2.75, 3.05) is 19.8 Å². The molecule has 1 aliphatic rings. The summed E-state index contributed by atoms with van der Waals surface area (Å²) in [6.07, 6.45) is 0.706. The van der Waals surface area contributed by atoms with E-state index in [0.29, 0.717) is 26.2 Å². The van der Waals surface area contributed by atoms with Gasteiger partial charge in [-0.3, -0.25) is 9.69 Å². The van der Waals surface area contributed by atoms with E-state index in [1.165, 1.54) is 4.90 Å². The largest absolute Gasteiger partial charge is 0.395 e. The Balaban J connectivity index is 2.51. The van der Waals surface area contributed by atoms with Gasteiger partial charge in [-0.25, -0.2) is 4.79 Å². The summed E-state index contributed by atoms with van der Waals surface area (Å²) in [6.45, 7) is 11.0. The average Bonchev–Trinajstić information content (AvgIpc) is 2.51. The number of nitrogens with zero attached hydrogens (tertiary/aromatic N) is 1. The minimum Gasteiger partial charge on any atom is -0.395 e. The SMILES string of the molecule is CCO[Si](C)(CCCN1C(=O)NC(C)(C)C1=O)OCC. The number of imide groups is 1. The zero-order valence-corrected chi connectivity index (χ0v) is 14.1. The molecule has 0 bridgehead atoms. The fourth-order valence-electron chi connectivity index (χ4n) is 2.38. The third kappa shape index (κ3) is 4.03. The van der Waals surface area contributed by atoms with Crippen LogP contribution in [0, 0.1) is 0 Å². The van der Waals surface area contributed by atoms with Gasteiger partial charge in [0.25, 0.3) is 5.91 Å². The number of carbonyl (C=O) groups excluding carboxylic acids is 2. The molecule has 0 unspecified atom stereocenters. The molecule has 1 N–H and O–H groups in total. The van der Waals surface area contributed by atoms with Gasteiger partial charge in [-0.05, 0) is 46.7 Å². The zero-order chi connectivity index (χ0) is 15.4. The van der Waals surface area contributed by atoms with Crippen LogP contribution in [-0.4, -0.2) is 50.7 Å². The van der Waals surface area contributed by atoms with E-state index in [-0.39, 0.29) is 11.9 Å². The Kier molecular flexibility index (Phi) is 5.73. The second-order valence-electron chi connectivity index (χ2n) is 5.62. The number of amides is 3. The zero-order valence-electron chi connectivity index (χ0n) is 13.1. The van der Waals surface area contributed by atoms with Crippen LogP contribution < -0.4 is 5.32 Å². The molecular formula is C13H26N2O4Si. The molecule has 0 spiro atoms. The van der Waals surface area contributed by atoms with Crippen LogP contribution in [0.4, 0.5) is 4.79 Å². The van der Waals surface area contributed by atoms with Gasteiger partial charge >= 0.3 is 14.6 Å². The maximum absolute atomic E-state index is 12.0. The molecular weight excluding hydrogens is 276 g/mol. The summed E-state index contributed by atoms with van der Waals surface area (Å²) >= 11 is 0. The highest BCUT2D eigenvalue weighted by Crippen LogP contribution is 2.20. The Labute approximate surface area is 122 Å². The summed E-state index contributed by atoms with van der Waals surface area (Å²) in [7, 11) is -2.17. The Hall–Kier alpha value is -0.923. The van der Waals surface area contributed by atoms with Gasteiger partial charge in [-0.15, -0.1) is 0 Å². The van der Waals surface area contributed by atoms with E-state index in [1.54, 1.807) is 13.8 Å². The fraction of sp³-hybridized carbons (Fsp3) is 0.846. The van der Waals surface area contributed by atoms with E-state index in [0.717, 1.165) is 6.04 Å². The number of nitrogens with one attached hydrogen (secondary N) is 1. The summed E-state index contributed by atoms with van der Waals surface area (Å²) in [5.41, 5.74) is -0.794. The molecule has 6 nitrogen and oxygen atoms in total. The van der Waals surface area contributed by atoms with Crippen molar-refractivity contribution in [1.82, 2.24) is 10.2 Å². The van der Waals surface area contributed by atoms with E-state index in [4.69, 9.17) is 8.85 Å². The monoisotopic (exact) mass is 302 g/mol. The molecule has 1 heterocycles. The first-order valence-electron chi connectivity index (χ1n) is 7.18. The summed E-state index contributed by atoms with van der Waals surface area (Å²) in [6, 6.07) is 0.461. The van der Waals surface area contributed by atoms with Gasteiger partial charge in [-0.1, -0.05) is 0 Å². The highest BCUT2D eigenvalue weighted by molar-refractivity contribution is 6.66. The van der Waals surface area contributed by atoms with Crippen molar-refractivity contribution < 1.29 is 18.4 Å². The first-order valence-corrected chi connectivity index (χ1v) is 9.70. The summed E-state index contributed by atoms with van der Waals surface area (Å²) in [5, 5.41) is 2.68. The number of hydrogen-bond acceptors (Lipinski definition) is 4. The molecule has 0 aromatic carbocycles. The van der Waals surface area contributed by atoms with Crippen LogP contribution in [0.25, 0.3) is 0 Å². The van der Waals surface area contributed by atoms with Crippen molar-refractivity contribution in [3.63, 3.8) is 0 Å². The van der Waals surface area contributed by atoms with Crippen LogP contribution >= 0.6 is 0 Å². The van der Waals surface area contributed by atoms with Crippen molar-refractivity contribution in [2.45, 2.75) is 52.2 Å². The lowest BCUT2D eigenvalue weighted by Gasteiger charge is -2.26. The molecule has 0 aliphatic carbocycles. The van der Waals surface area contributed by atoms with Crippen molar-refractivity contribution in [1.29, 1.82) is 0 Å². The summed E-state index contributed by atoms with van der Waals surface area (Å²) < 4.78 is 11.5. The highest BCUT2D eigenvalue weighted by atomic mass is 28.4. The number of hydrogen-bond donors (Lipinski definition) is 1. The molecule has 20 heavy (non-hydrogen) atoms. The van der Waals surface area contributed by atoms with Crippen LogP contribution in [-0.2, 0) is 13.6 Å². The predicted molar refractivity (Wildman–Crippen MR) is 78.6 cm³/mol. The van der Waals surface area contributed by atoms with Crippen molar-refractivity contribution in [3.8, 4) is 0 Å². The molecule has 1 saturated heterocycles. The first-order chi connectivity index (χ1) is 9.25. The van der Waals surface area contributed by atoms with E-state index >= 15 is 0 Å². The van der Waals surface area contributed by atoms with Crippen LogP contribution in [0.1, 0.15) is 34.1 Å². The molecule has 1 aliphatic heterocycles. The molecule has 1 fully saturated rings. The smallest absolute Gasteiger partial charge is 0.334 e. The number of rotatable bonds is 8. The van der Waals surface area contributed by atoms with Gasteiger partial charge in [0, 0.05) is 19.8 Å². The maximum Gasteiger partial charge on any atom is 0.334 e. The van der Waals surface area contributed by atoms with Crippen LogP contribution in [0.15, 0.2) is 0 Å². The van der Waals surface area contributed by atoms with Gasteiger partial charge in [0.15, 0.2) is 0 Å². The van der Waals surface area contributed by atoms with Crippen molar-refractivity contribution >= 4 is 20.5 Å². The second kappa shape index (κ2) is 6.69. The average molecular weight is 302 g/mol. The van der Waals surface area contributed by atoms with E-state index in [9.17, 15) is 9.59 Å². The topological polar surface area (TPSA) is 67.9 Å². The second-order valence-corrected chi connectivity index (χ2v) is 8.96. The third-order valence-corrected chi connectivity index (χ3v) is 6.42. The van der Waals surface area contributed by atoms with Crippen LogP contribution in [0.5, 0.6) is 0 Å². The molecule has 1 rings (SSSR count). The third-order valence-electron chi connectivity index (χ3n) is 3.36. The fourth-order valence-corrected chi connectivity index (χ4v) is 4.77. The maximum atomic E-state index is 12.0. The van der Waals surface area contributed by atoms with E-state index in [2.05, 4.69) is 5.32 Å². The Morgan fingerprint density at radius 1 is 1.20 bits per heavy atom. The normalized spacial score (nSPS) is 18.6. The molecule has 0 radical (unpaired) electrons. The van der Waals surface area contributed by atoms with Gasteiger partial charge in [-0.2, -0.15) is 0 Å². The first kappa shape index (κ1) is 17.1. The minimum absolute atomic E-state index is 0.168. The van der Waals surface area contributed by atoms with E-state index in [1.807, 2.05) is 20.4 Å². The molecule has 3 amide bonds. The number of urea groups is 1. The van der Waals surface area contributed by atoms with Gasteiger partial charge in [0.1, 0.15) is 5.54 Å². The minimum atomic E-state index is -2.17. The summed E-state index contributed by atoms with van der Waals surface area (Å²) in [5.74, 6) is -0.168. The molecule has 0 saturated carbocycles. The van der Waals surface area contributed by atoms with Crippen LogP contribution in [0.3, 0.4) is 0 Å². The molecule has 0 aromatic heterocycles. The van der Waals surface area contributed by atoms with Crippen molar-refractivity contribution in [2.24, 2.45) is 0 Å². The number of carbonyl (C=O) groups is 2. The van der Waals surface area contributed by atoms with Crippen LogP contribution in [0.2, 0.25) is 12.6 Å². The van der Waals surface area contributed by atoms with Gasteiger partial charge in [0.2, 0.25) is 0 Å². The Morgan fingerprint density at radius 3 is 2.15 bits per heavy atom. The van der Waals surface area contributed by atoms with Gasteiger partial charge in [0.05, 0.1) is 0 Å². The van der Waals surface area contributed by atoms with Gasteiger partial charge < -0.3 is 14.2 Å². The molecule has 116 valence electrons. The van der Waals surface area contributed by atoms with E-state index < -0.39 is 14.1 Å². The Morgan fingerprint density at radius 2 is 1.75 bits per heavy atom. The van der Waals surface area contributed by atoms with Crippen molar-refractivity contribution in [3.05, 3.63) is 0 Å².